The molecule has 0 aliphatic carbocycles. The second kappa shape index (κ2) is 7.87. The Morgan fingerprint density at radius 1 is 1.03 bits per heavy atom. The Bertz CT molecular complexity index is 1090. The highest BCUT2D eigenvalue weighted by Crippen LogP contribution is 2.34. The first-order chi connectivity index (χ1) is 14.0. The molecule has 4 nitrogen and oxygen atoms in total. The van der Waals surface area contributed by atoms with Gasteiger partial charge in [0.15, 0.2) is 5.78 Å². The van der Waals surface area contributed by atoms with Crippen LogP contribution in [0.1, 0.15) is 33.2 Å². The lowest BCUT2D eigenvalue weighted by Gasteiger charge is -2.12. The molecular weight excluding hydrogens is 369 g/mol. The summed E-state index contributed by atoms with van der Waals surface area (Å²) in [5.74, 6) is -0.224. The van der Waals surface area contributed by atoms with Gasteiger partial charge in [-0.2, -0.15) is 0 Å². The molecule has 0 saturated carbocycles. The third-order valence-corrected chi connectivity index (χ3v) is 5.03. The van der Waals surface area contributed by atoms with Crippen LogP contribution in [0.3, 0.4) is 0 Å². The predicted molar refractivity (Wildman–Crippen MR) is 109 cm³/mol. The molecule has 0 radical (unpaired) electrons. The molecule has 5 heteroatoms. The molecule has 0 spiro atoms. The van der Waals surface area contributed by atoms with Crippen LogP contribution in [0, 0.1) is 5.82 Å². The van der Waals surface area contributed by atoms with Gasteiger partial charge in [-0.1, -0.05) is 42.5 Å². The quantitative estimate of drug-likeness (QED) is 0.657. The Morgan fingerprint density at radius 2 is 1.76 bits per heavy atom. The Morgan fingerprint density at radius 3 is 2.52 bits per heavy atom. The first kappa shape index (κ1) is 18.9. The number of hydrogen-bond donors (Lipinski definition) is 1. The van der Waals surface area contributed by atoms with Crippen LogP contribution in [0.15, 0.2) is 66.7 Å². The Balaban J connectivity index is 1.46. The molecular formula is C24H20FNO3. The van der Waals surface area contributed by atoms with Crippen molar-refractivity contribution in [2.75, 3.05) is 6.54 Å². The summed E-state index contributed by atoms with van der Waals surface area (Å²) in [6.07, 6.45) is 0.405. The van der Waals surface area contributed by atoms with Crippen molar-refractivity contribution in [3.8, 4) is 16.9 Å². The lowest BCUT2D eigenvalue weighted by Crippen LogP contribution is -2.34. The lowest BCUT2D eigenvalue weighted by atomic mass is 9.95. The zero-order valence-electron chi connectivity index (χ0n) is 15.9. The molecule has 3 aromatic carbocycles. The second-order valence-electron chi connectivity index (χ2n) is 7.06. The van der Waals surface area contributed by atoms with Gasteiger partial charge in [0.2, 0.25) is 0 Å². The number of rotatable bonds is 5. The number of hydrogen-bond acceptors (Lipinski definition) is 3. The Kier molecular flexibility index (Phi) is 5.12. The maximum absolute atomic E-state index is 13.7. The fourth-order valence-electron chi connectivity index (χ4n) is 3.59. The molecule has 1 atom stereocenters. The summed E-state index contributed by atoms with van der Waals surface area (Å²) < 4.78 is 19.7. The normalized spacial score (nSPS) is 14.8. The van der Waals surface area contributed by atoms with Crippen LogP contribution in [0.5, 0.6) is 5.75 Å². The lowest BCUT2D eigenvalue weighted by molar-refractivity contribution is 0.0929. The molecule has 0 unspecified atom stereocenters. The van der Waals surface area contributed by atoms with Crippen molar-refractivity contribution in [1.29, 1.82) is 0 Å². The fraction of sp³-hybridized carbons (Fsp3) is 0.167. The summed E-state index contributed by atoms with van der Waals surface area (Å²) in [6, 6.07) is 19.2. The van der Waals surface area contributed by atoms with Crippen LogP contribution in [-0.2, 0) is 6.42 Å². The number of Topliss-reactive ketones (excluding diaryl/α,β-unsaturated/α-hetero) is 1. The molecule has 4 rings (SSSR count). The molecule has 1 N–H and O–H groups in total. The molecule has 0 bridgehead atoms. The number of carbonyl (C=O) groups is 2. The van der Waals surface area contributed by atoms with Crippen molar-refractivity contribution in [3.63, 3.8) is 0 Å². The highest BCUT2D eigenvalue weighted by molar-refractivity contribution is 6.00. The molecule has 1 aliphatic rings. The van der Waals surface area contributed by atoms with Crippen molar-refractivity contribution in [1.82, 2.24) is 5.32 Å². The van der Waals surface area contributed by atoms with Crippen LogP contribution >= 0.6 is 0 Å². The van der Waals surface area contributed by atoms with Crippen molar-refractivity contribution in [2.45, 2.75) is 19.4 Å². The van der Waals surface area contributed by atoms with Crippen LogP contribution in [-0.4, -0.2) is 24.3 Å². The van der Waals surface area contributed by atoms with E-state index in [4.69, 9.17) is 4.74 Å². The van der Waals surface area contributed by atoms with Gasteiger partial charge in [-0.05, 0) is 47.9 Å². The van der Waals surface area contributed by atoms with Crippen LogP contribution < -0.4 is 10.1 Å². The first-order valence-electron chi connectivity index (χ1n) is 9.45. The number of halogens is 1. The smallest absolute Gasteiger partial charge is 0.254 e. The molecule has 0 saturated heterocycles. The predicted octanol–water partition coefficient (Wildman–Crippen LogP) is 4.43. The monoisotopic (exact) mass is 389 g/mol. The molecule has 1 aliphatic heterocycles. The van der Waals surface area contributed by atoms with Gasteiger partial charge in [-0.3, -0.25) is 9.59 Å². The average molecular weight is 389 g/mol. The minimum Gasteiger partial charge on any atom is -0.488 e. The SMILES string of the molecule is CC(=O)c1ccccc1-c1ccc2c(c1)C[C@@H](CNC(=O)c1ccccc1F)O2. The van der Waals surface area contributed by atoms with Gasteiger partial charge in [0.1, 0.15) is 17.7 Å². The summed E-state index contributed by atoms with van der Waals surface area (Å²) in [5, 5.41) is 2.74. The van der Waals surface area contributed by atoms with E-state index in [1.807, 2.05) is 42.5 Å². The van der Waals surface area contributed by atoms with Gasteiger partial charge in [-0.15, -0.1) is 0 Å². The highest BCUT2D eigenvalue weighted by Gasteiger charge is 2.24. The molecule has 1 amide bonds. The van der Waals surface area contributed by atoms with E-state index in [0.29, 0.717) is 12.0 Å². The molecule has 0 fully saturated rings. The van der Waals surface area contributed by atoms with E-state index in [1.165, 1.54) is 12.1 Å². The zero-order valence-corrected chi connectivity index (χ0v) is 15.9. The van der Waals surface area contributed by atoms with Gasteiger partial charge in [-0.25, -0.2) is 4.39 Å². The maximum atomic E-state index is 13.7. The number of benzene rings is 3. The van der Waals surface area contributed by atoms with Gasteiger partial charge in [0.05, 0.1) is 12.1 Å². The zero-order chi connectivity index (χ0) is 20.4. The number of carbonyl (C=O) groups excluding carboxylic acids is 2. The van der Waals surface area contributed by atoms with Gasteiger partial charge >= 0.3 is 0 Å². The first-order valence-corrected chi connectivity index (χ1v) is 9.45. The third kappa shape index (κ3) is 3.90. The summed E-state index contributed by atoms with van der Waals surface area (Å²) in [7, 11) is 0. The molecule has 3 aromatic rings. The van der Waals surface area contributed by atoms with E-state index >= 15 is 0 Å². The van der Waals surface area contributed by atoms with Crippen molar-refractivity contribution in [2.24, 2.45) is 0 Å². The van der Waals surface area contributed by atoms with Crippen molar-refractivity contribution in [3.05, 3.63) is 89.2 Å². The number of ether oxygens (including phenoxy) is 1. The van der Waals surface area contributed by atoms with E-state index in [0.717, 1.165) is 22.4 Å². The minimum atomic E-state index is -0.547. The van der Waals surface area contributed by atoms with Crippen LogP contribution in [0.25, 0.3) is 11.1 Å². The largest absolute Gasteiger partial charge is 0.488 e. The number of fused-ring (bicyclic) bond motifs is 1. The van der Waals surface area contributed by atoms with Crippen molar-refractivity contribution < 1.29 is 18.7 Å². The van der Waals surface area contributed by atoms with Gasteiger partial charge < -0.3 is 10.1 Å². The van der Waals surface area contributed by atoms with Gasteiger partial charge in [0, 0.05) is 12.0 Å². The van der Waals surface area contributed by atoms with Crippen molar-refractivity contribution >= 4 is 11.7 Å². The third-order valence-electron chi connectivity index (χ3n) is 5.03. The van der Waals surface area contributed by atoms with Crippen LogP contribution in [0.2, 0.25) is 0 Å². The van der Waals surface area contributed by atoms with Crippen LogP contribution in [0.4, 0.5) is 4.39 Å². The topological polar surface area (TPSA) is 55.4 Å². The second-order valence-corrected chi connectivity index (χ2v) is 7.06. The minimum absolute atomic E-state index is 0.0195. The summed E-state index contributed by atoms with van der Waals surface area (Å²) in [5.41, 5.74) is 3.56. The van der Waals surface area contributed by atoms with E-state index in [2.05, 4.69) is 5.32 Å². The molecule has 1 heterocycles. The standard InChI is InChI=1S/C24H20FNO3/c1-15(27)19-6-2-3-7-20(19)16-10-11-23-17(12-16)13-18(29-23)14-26-24(28)21-8-4-5-9-22(21)25/h2-12,18H,13-14H2,1H3,(H,26,28)/t18-/m0/s1. The van der Waals surface area contributed by atoms with E-state index in [1.54, 1.807) is 19.1 Å². The number of ketones is 1. The summed E-state index contributed by atoms with van der Waals surface area (Å²) in [4.78, 5) is 24.1. The highest BCUT2D eigenvalue weighted by atomic mass is 19.1. The molecule has 146 valence electrons. The maximum Gasteiger partial charge on any atom is 0.254 e. The van der Waals surface area contributed by atoms with E-state index in [9.17, 15) is 14.0 Å². The van der Waals surface area contributed by atoms with E-state index in [-0.39, 0.29) is 24.0 Å². The number of nitrogens with one attached hydrogen (secondary N) is 1. The Labute approximate surface area is 168 Å². The number of amides is 1. The molecule has 29 heavy (non-hydrogen) atoms. The average Bonchev–Trinajstić information content (AvgIpc) is 3.14. The van der Waals surface area contributed by atoms with Gasteiger partial charge in [0.25, 0.3) is 5.91 Å². The summed E-state index contributed by atoms with van der Waals surface area (Å²) in [6.45, 7) is 1.84. The summed E-state index contributed by atoms with van der Waals surface area (Å²) >= 11 is 0. The fourth-order valence-corrected chi connectivity index (χ4v) is 3.59. The molecule has 0 aromatic heterocycles. The Hall–Kier alpha value is -3.47. The van der Waals surface area contributed by atoms with E-state index < -0.39 is 11.7 Å².